The highest BCUT2D eigenvalue weighted by atomic mass is 16.5. The van der Waals surface area contributed by atoms with Crippen molar-refractivity contribution < 1.29 is 4.74 Å². The van der Waals surface area contributed by atoms with Crippen molar-refractivity contribution in [1.82, 2.24) is 0 Å². The molecular weight excluding hydrogens is 352 g/mol. The van der Waals surface area contributed by atoms with E-state index >= 15 is 0 Å². The zero-order chi connectivity index (χ0) is 20.3. The topological polar surface area (TPSA) is 9.23 Å². The Bertz CT molecular complexity index is 809. The van der Waals surface area contributed by atoms with Crippen LogP contribution in [0.1, 0.15) is 75.0 Å². The molecule has 0 amide bonds. The average Bonchev–Trinajstić information content (AvgIpc) is 2.78. The van der Waals surface area contributed by atoms with Gasteiger partial charge in [-0.25, -0.2) is 0 Å². The molecule has 0 heterocycles. The summed E-state index contributed by atoms with van der Waals surface area (Å²) in [4.78, 5) is 0. The van der Waals surface area contributed by atoms with Crippen molar-refractivity contribution >= 4 is 0 Å². The van der Waals surface area contributed by atoms with E-state index in [9.17, 15) is 0 Å². The number of benzene rings is 2. The summed E-state index contributed by atoms with van der Waals surface area (Å²) < 4.78 is 5.78. The summed E-state index contributed by atoms with van der Waals surface area (Å²) in [6.45, 7) is 5.19. The standard InChI is InChI=1S/C28H34O/c1-3-5-22-29-28-20-18-27(19-21-28)26-16-14-25(15-17-26)9-7-6-8-24-12-10-23(4-2)11-13-24/h7,9-13,18-21,25-26H,3-5,14-17,22H2,1-2H3. The van der Waals surface area contributed by atoms with Gasteiger partial charge in [0.05, 0.1) is 6.61 Å². The summed E-state index contributed by atoms with van der Waals surface area (Å²) in [7, 11) is 0. The largest absolute Gasteiger partial charge is 0.494 e. The maximum absolute atomic E-state index is 5.78. The van der Waals surface area contributed by atoms with E-state index in [4.69, 9.17) is 4.74 Å². The van der Waals surface area contributed by atoms with E-state index in [1.165, 1.54) is 43.2 Å². The van der Waals surface area contributed by atoms with Crippen LogP contribution in [-0.4, -0.2) is 6.61 Å². The van der Waals surface area contributed by atoms with Gasteiger partial charge in [-0.15, -0.1) is 0 Å². The van der Waals surface area contributed by atoms with Crippen LogP contribution < -0.4 is 4.74 Å². The van der Waals surface area contributed by atoms with Gasteiger partial charge in [0.15, 0.2) is 0 Å². The lowest BCUT2D eigenvalue weighted by molar-refractivity contribution is 0.309. The van der Waals surface area contributed by atoms with E-state index in [0.717, 1.165) is 30.8 Å². The summed E-state index contributed by atoms with van der Waals surface area (Å²) in [5.41, 5.74) is 3.92. The molecule has 152 valence electrons. The monoisotopic (exact) mass is 386 g/mol. The van der Waals surface area contributed by atoms with E-state index in [1.54, 1.807) is 0 Å². The molecule has 0 aromatic heterocycles. The predicted molar refractivity (Wildman–Crippen MR) is 123 cm³/mol. The van der Waals surface area contributed by atoms with Gasteiger partial charge in [0, 0.05) is 5.56 Å². The maximum Gasteiger partial charge on any atom is 0.119 e. The predicted octanol–water partition coefficient (Wildman–Crippen LogP) is 7.31. The van der Waals surface area contributed by atoms with Gasteiger partial charge in [-0.05, 0) is 91.8 Å². The van der Waals surface area contributed by atoms with E-state index in [2.05, 4.69) is 86.4 Å². The molecule has 0 bridgehead atoms. The molecule has 2 aromatic carbocycles. The van der Waals surface area contributed by atoms with Crippen LogP contribution in [0.2, 0.25) is 0 Å². The van der Waals surface area contributed by atoms with E-state index in [1.807, 2.05) is 0 Å². The first-order valence-corrected chi connectivity index (χ1v) is 11.3. The number of ether oxygens (including phenoxy) is 1. The molecule has 1 aliphatic rings. The first kappa shape index (κ1) is 21.3. The molecule has 0 saturated heterocycles. The molecule has 0 aliphatic heterocycles. The van der Waals surface area contributed by atoms with E-state index in [-0.39, 0.29) is 0 Å². The van der Waals surface area contributed by atoms with Crippen molar-refractivity contribution in [3.05, 3.63) is 77.4 Å². The van der Waals surface area contributed by atoms with Crippen molar-refractivity contribution in [1.29, 1.82) is 0 Å². The minimum Gasteiger partial charge on any atom is -0.494 e. The molecule has 1 fully saturated rings. The normalized spacial score (nSPS) is 19.0. The molecular formula is C28H34O. The van der Waals surface area contributed by atoms with Crippen LogP contribution in [0.4, 0.5) is 0 Å². The Kier molecular flexibility index (Phi) is 8.44. The smallest absolute Gasteiger partial charge is 0.119 e. The molecule has 0 spiro atoms. The first-order valence-electron chi connectivity index (χ1n) is 11.3. The molecule has 1 aliphatic carbocycles. The minimum absolute atomic E-state index is 0.666. The Morgan fingerprint density at radius 2 is 1.66 bits per heavy atom. The van der Waals surface area contributed by atoms with Crippen LogP contribution in [0.15, 0.2) is 60.7 Å². The van der Waals surface area contributed by atoms with Crippen LogP contribution in [-0.2, 0) is 6.42 Å². The number of aryl methyl sites for hydroxylation is 1. The van der Waals surface area contributed by atoms with Gasteiger partial charge in [0.25, 0.3) is 0 Å². The Labute approximate surface area is 177 Å². The number of rotatable bonds is 7. The molecule has 0 N–H and O–H groups in total. The second-order valence-corrected chi connectivity index (χ2v) is 8.06. The second-order valence-electron chi connectivity index (χ2n) is 8.06. The van der Waals surface area contributed by atoms with Gasteiger partial charge in [-0.2, -0.15) is 0 Å². The highest BCUT2D eigenvalue weighted by Gasteiger charge is 2.20. The maximum atomic E-state index is 5.78. The molecule has 29 heavy (non-hydrogen) atoms. The van der Waals surface area contributed by atoms with Crippen LogP contribution in [0.3, 0.4) is 0 Å². The van der Waals surface area contributed by atoms with Crippen LogP contribution >= 0.6 is 0 Å². The summed E-state index contributed by atoms with van der Waals surface area (Å²) >= 11 is 0. The third kappa shape index (κ3) is 6.82. The summed E-state index contributed by atoms with van der Waals surface area (Å²) in [6, 6.07) is 17.4. The lowest BCUT2D eigenvalue weighted by Gasteiger charge is -2.27. The lowest BCUT2D eigenvalue weighted by Crippen LogP contribution is -2.11. The van der Waals surface area contributed by atoms with Crippen LogP contribution in [0.25, 0.3) is 0 Å². The van der Waals surface area contributed by atoms with Crippen molar-refractivity contribution in [2.75, 3.05) is 6.61 Å². The second kappa shape index (κ2) is 11.5. The van der Waals surface area contributed by atoms with Gasteiger partial charge in [-0.1, -0.05) is 62.5 Å². The first-order chi connectivity index (χ1) is 14.3. The molecule has 3 rings (SSSR count). The minimum atomic E-state index is 0.666. The molecule has 1 heteroatoms. The zero-order valence-electron chi connectivity index (χ0n) is 18.0. The highest BCUT2D eigenvalue weighted by Crippen LogP contribution is 2.36. The molecule has 0 atom stereocenters. The fourth-order valence-electron chi connectivity index (χ4n) is 3.95. The highest BCUT2D eigenvalue weighted by molar-refractivity contribution is 5.38. The summed E-state index contributed by atoms with van der Waals surface area (Å²) in [6.07, 6.45) is 12.8. The van der Waals surface area contributed by atoms with Gasteiger partial charge < -0.3 is 4.74 Å². The number of hydrogen-bond acceptors (Lipinski definition) is 1. The fourth-order valence-corrected chi connectivity index (χ4v) is 3.95. The Morgan fingerprint density at radius 3 is 2.31 bits per heavy atom. The Hall–Kier alpha value is -2.46. The van der Waals surface area contributed by atoms with Crippen molar-refractivity contribution in [2.24, 2.45) is 5.92 Å². The van der Waals surface area contributed by atoms with Gasteiger partial charge in [0.1, 0.15) is 5.75 Å². The SMILES string of the molecule is CCCCOc1ccc(C2CCC(C=CC#Cc3ccc(CC)cc3)CC2)cc1. The van der Waals surface area contributed by atoms with Crippen LogP contribution in [0, 0.1) is 17.8 Å². The zero-order valence-corrected chi connectivity index (χ0v) is 18.0. The Balaban J connectivity index is 1.44. The van der Waals surface area contributed by atoms with Crippen LogP contribution in [0.5, 0.6) is 5.75 Å². The lowest BCUT2D eigenvalue weighted by atomic mass is 9.78. The number of allylic oxidation sites excluding steroid dienone is 2. The van der Waals surface area contributed by atoms with E-state index < -0.39 is 0 Å². The van der Waals surface area contributed by atoms with E-state index in [0.29, 0.717) is 11.8 Å². The van der Waals surface area contributed by atoms with Gasteiger partial charge in [-0.3, -0.25) is 0 Å². The average molecular weight is 387 g/mol. The van der Waals surface area contributed by atoms with Crippen molar-refractivity contribution in [2.45, 2.75) is 64.7 Å². The third-order valence-corrected chi connectivity index (χ3v) is 5.92. The molecule has 2 aromatic rings. The Morgan fingerprint density at radius 1 is 0.931 bits per heavy atom. The molecule has 0 unspecified atom stereocenters. The fraction of sp³-hybridized carbons (Fsp3) is 0.429. The third-order valence-electron chi connectivity index (χ3n) is 5.92. The molecule has 1 saturated carbocycles. The molecule has 1 nitrogen and oxygen atoms in total. The quantitative estimate of drug-likeness (QED) is 0.358. The number of hydrogen-bond donors (Lipinski definition) is 0. The van der Waals surface area contributed by atoms with Crippen molar-refractivity contribution in [3.8, 4) is 17.6 Å². The summed E-state index contributed by atoms with van der Waals surface area (Å²) in [5.74, 6) is 8.81. The summed E-state index contributed by atoms with van der Waals surface area (Å²) in [5, 5.41) is 0. The van der Waals surface area contributed by atoms with Gasteiger partial charge in [0.2, 0.25) is 0 Å². The van der Waals surface area contributed by atoms with Crippen molar-refractivity contribution in [3.63, 3.8) is 0 Å². The van der Waals surface area contributed by atoms with Gasteiger partial charge >= 0.3 is 0 Å². The molecule has 0 radical (unpaired) electrons. The number of unbranched alkanes of at least 4 members (excludes halogenated alkanes) is 1.